The van der Waals surface area contributed by atoms with Crippen molar-refractivity contribution in [1.82, 2.24) is 20.7 Å². The molecule has 0 aromatic rings. The van der Waals surface area contributed by atoms with Crippen LogP contribution in [-0.4, -0.2) is 42.1 Å². The van der Waals surface area contributed by atoms with Gasteiger partial charge < -0.3 is 15.6 Å². The first kappa shape index (κ1) is 14.2. The van der Waals surface area contributed by atoms with E-state index in [2.05, 4.69) is 46.2 Å². The number of hydrazine groups is 1. The molecular weight excluding hydrogens is 284 g/mol. The molecule has 4 bridgehead atoms. The molecule has 5 fully saturated rings. The van der Waals surface area contributed by atoms with E-state index in [1.54, 1.807) is 0 Å². The molecule has 4 saturated carbocycles. The second-order valence-corrected chi connectivity index (χ2v) is 8.57. The average molecular weight is 314 g/mol. The lowest BCUT2D eigenvalue weighted by atomic mass is 9.54. The summed E-state index contributed by atoms with van der Waals surface area (Å²) in [5.74, 6) is 3.94. The van der Waals surface area contributed by atoms with Gasteiger partial charge in [0, 0.05) is 31.5 Å². The van der Waals surface area contributed by atoms with Gasteiger partial charge in [0.15, 0.2) is 0 Å². The van der Waals surface area contributed by atoms with Crippen molar-refractivity contribution in [3.05, 3.63) is 24.2 Å². The number of nitrogens with one attached hydrogen (secondary N) is 2. The van der Waals surface area contributed by atoms with Gasteiger partial charge in [0.05, 0.1) is 11.7 Å². The number of hydrogen-bond acceptors (Lipinski definition) is 4. The summed E-state index contributed by atoms with van der Waals surface area (Å²) in [6.45, 7) is 2.32. The third-order valence-electron chi connectivity index (χ3n) is 7.21. The second kappa shape index (κ2) is 5.44. The molecule has 0 aromatic heterocycles. The van der Waals surface area contributed by atoms with Crippen LogP contribution in [0.4, 0.5) is 0 Å². The first-order valence-corrected chi connectivity index (χ1v) is 9.65. The highest BCUT2D eigenvalue weighted by Gasteiger charge is 2.50. The minimum Gasteiger partial charge on any atom is -0.369 e. The lowest BCUT2D eigenvalue weighted by Gasteiger charge is -2.57. The maximum atomic E-state index is 3.56. The highest BCUT2D eigenvalue weighted by Crippen LogP contribution is 2.55. The van der Waals surface area contributed by atoms with E-state index >= 15 is 0 Å². The zero-order chi connectivity index (χ0) is 15.4. The second-order valence-electron chi connectivity index (χ2n) is 8.57. The molecule has 2 N–H and O–H groups in total. The summed E-state index contributed by atoms with van der Waals surface area (Å²) >= 11 is 0. The quantitative estimate of drug-likeness (QED) is 0.837. The van der Waals surface area contributed by atoms with Gasteiger partial charge in [-0.1, -0.05) is 0 Å². The molecule has 1 atom stereocenters. The fraction of sp³-hybridized carbons (Fsp3) is 0.789. The Morgan fingerprint density at radius 1 is 1.09 bits per heavy atom. The Kier molecular flexibility index (Phi) is 3.36. The van der Waals surface area contributed by atoms with E-state index in [0.29, 0.717) is 6.04 Å². The molecule has 0 aromatic carbocycles. The van der Waals surface area contributed by atoms with Gasteiger partial charge in [-0.15, -0.1) is 0 Å². The first-order valence-electron chi connectivity index (χ1n) is 9.65. The Labute approximate surface area is 139 Å². The molecule has 6 aliphatic rings. The lowest BCUT2D eigenvalue weighted by Crippen LogP contribution is -2.57. The van der Waals surface area contributed by atoms with E-state index in [0.717, 1.165) is 36.3 Å². The topological polar surface area (TPSA) is 30.5 Å². The molecule has 0 amide bonds. The van der Waals surface area contributed by atoms with E-state index in [1.165, 1.54) is 50.8 Å². The van der Waals surface area contributed by atoms with E-state index in [4.69, 9.17) is 0 Å². The number of rotatable bonds is 3. The largest absolute Gasteiger partial charge is 0.369 e. The molecule has 4 nitrogen and oxygen atoms in total. The standard InChI is InChI=1S/C19H30N4/c1-20-17-3-5-22(11-17)18-2-4-21-23(12-18)19-15-7-13-6-14(9-15)10-16(19)8-13/h2,4,12-17,19-21H,3,5-11H2,1H3/t13?,14?,15?,16?,17-,19?/m0/s1. The summed E-state index contributed by atoms with van der Waals surface area (Å²) in [5, 5.41) is 5.91. The summed E-state index contributed by atoms with van der Waals surface area (Å²) in [6, 6.07) is 1.37. The van der Waals surface area contributed by atoms with Crippen LogP contribution in [0.5, 0.6) is 0 Å². The number of nitrogens with zero attached hydrogens (tertiary/aromatic N) is 2. The maximum Gasteiger partial charge on any atom is 0.0563 e. The fourth-order valence-corrected chi connectivity index (χ4v) is 6.37. The number of likely N-dealkylation sites (tertiary alicyclic amines) is 1. The number of allylic oxidation sites excluding steroid dienone is 1. The van der Waals surface area contributed by atoms with Crippen molar-refractivity contribution in [2.24, 2.45) is 23.7 Å². The minimum atomic E-state index is 0.647. The number of likely N-dealkylation sites (N-methyl/N-ethyl adjacent to an activating group) is 1. The van der Waals surface area contributed by atoms with E-state index in [-0.39, 0.29) is 0 Å². The van der Waals surface area contributed by atoms with Crippen LogP contribution < -0.4 is 10.7 Å². The van der Waals surface area contributed by atoms with Crippen LogP contribution in [0.2, 0.25) is 0 Å². The molecule has 23 heavy (non-hydrogen) atoms. The zero-order valence-electron chi connectivity index (χ0n) is 14.2. The maximum absolute atomic E-state index is 3.56. The molecule has 126 valence electrons. The monoisotopic (exact) mass is 314 g/mol. The van der Waals surface area contributed by atoms with Gasteiger partial charge in [-0.3, -0.25) is 5.01 Å². The minimum absolute atomic E-state index is 0.647. The lowest BCUT2D eigenvalue weighted by molar-refractivity contribution is -0.0614. The van der Waals surface area contributed by atoms with Crippen LogP contribution in [0.1, 0.15) is 38.5 Å². The first-order chi connectivity index (χ1) is 11.3. The van der Waals surface area contributed by atoms with Gasteiger partial charge in [0.2, 0.25) is 0 Å². The van der Waals surface area contributed by atoms with E-state index < -0.39 is 0 Å². The molecule has 2 heterocycles. The Morgan fingerprint density at radius 2 is 1.83 bits per heavy atom. The highest BCUT2D eigenvalue weighted by molar-refractivity contribution is 5.22. The molecule has 2 aliphatic heterocycles. The Morgan fingerprint density at radius 3 is 2.48 bits per heavy atom. The molecule has 0 unspecified atom stereocenters. The summed E-state index contributed by atoms with van der Waals surface area (Å²) < 4.78 is 0. The zero-order valence-corrected chi connectivity index (χ0v) is 14.2. The molecule has 1 saturated heterocycles. The predicted octanol–water partition coefficient (Wildman–Crippen LogP) is 2.28. The van der Waals surface area contributed by atoms with Gasteiger partial charge in [0.25, 0.3) is 0 Å². The van der Waals surface area contributed by atoms with E-state index in [1.807, 2.05) is 0 Å². The molecule has 4 aliphatic carbocycles. The summed E-state index contributed by atoms with van der Waals surface area (Å²) in [5.41, 5.74) is 4.96. The Balaban J connectivity index is 1.34. The highest BCUT2D eigenvalue weighted by atomic mass is 15.5. The summed E-state index contributed by atoms with van der Waals surface area (Å²) in [4.78, 5) is 2.54. The van der Waals surface area contributed by atoms with Crippen LogP contribution in [0, 0.1) is 23.7 Å². The van der Waals surface area contributed by atoms with Crippen molar-refractivity contribution in [3.63, 3.8) is 0 Å². The van der Waals surface area contributed by atoms with Gasteiger partial charge in [-0.25, -0.2) is 0 Å². The third-order valence-corrected chi connectivity index (χ3v) is 7.21. The van der Waals surface area contributed by atoms with Crippen molar-refractivity contribution < 1.29 is 0 Å². The van der Waals surface area contributed by atoms with Gasteiger partial charge in [-0.2, -0.15) is 0 Å². The van der Waals surface area contributed by atoms with Crippen LogP contribution >= 0.6 is 0 Å². The Bertz CT molecular complexity index is 497. The van der Waals surface area contributed by atoms with Crippen molar-refractivity contribution in [2.45, 2.75) is 50.6 Å². The van der Waals surface area contributed by atoms with Gasteiger partial charge in [-0.05, 0) is 75.3 Å². The predicted molar refractivity (Wildman–Crippen MR) is 92.1 cm³/mol. The molecule has 0 radical (unpaired) electrons. The van der Waals surface area contributed by atoms with E-state index in [9.17, 15) is 0 Å². The summed E-state index contributed by atoms with van der Waals surface area (Å²) in [6.07, 6.45) is 15.5. The van der Waals surface area contributed by atoms with Crippen molar-refractivity contribution in [2.75, 3.05) is 20.1 Å². The van der Waals surface area contributed by atoms with Gasteiger partial charge in [0.1, 0.15) is 0 Å². The number of hydrogen-bond donors (Lipinski definition) is 2. The van der Waals surface area contributed by atoms with Crippen LogP contribution in [0.25, 0.3) is 0 Å². The normalized spacial score (nSPS) is 44.7. The van der Waals surface area contributed by atoms with Crippen LogP contribution in [-0.2, 0) is 0 Å². The van der Waals surface area contributed by atoms with Crippen molar-refractivity contribution in [1.29, 1.82) is 0 Å². The molecular formula is C19H30N4. The smallest absolute Gasteiger partial charge is 0.0563 e. The SMILES string of the molecule is CN[C@H]1CCN(C2=CN(C3C4CC5CC(C4)CC3C5)NC=C2)C1. The van der Waals surface area contributed by atoms with Crippen LogP contribution in [0.15, 0.2) is 24.2 Å². The Hall–Kier alpha value is -1.16. The summed E-state index contributed by atoms with van der Waals surface area (Å²) in [7, 11) is 2.08. The fourth-order valence-electron chi connectivity index (χ4n) is 6.37. The average Bonchev–Trinajstić information content (AvgIpc) is 3.03. The van der Waals surface area contributed by atoms with Crippen molar-refractivity contribution in [3.8, 4) is 0 Å². The van der Waals surface area contributed by atoms with Crippen molar-refractivity contribution >= 4 is 0 Å². The van der Waals surface area contributed by atoms with Crippen LogP contribution in [0.3, 0.4) is 0 Å². The molecule has 0 spiro atoms. The molecule has 6 rings (SSSR count). The molecule has 4 heteroatoms. The van der Waals surface area contributed by atoms with Gasteiger partial charge >= 0.3 is 0 Å². The third kappa shape index (κ3) is 2.37.